The van der Waals surface area contributed by atoms with Crippen molar-refractivity contribution in [3.63, 3.8) is 0 Å². The lowest BCUT2D eigenvalue weighted by Gasteiger charge is -2.09. The first-order chi connectivity index (χ1) is 9.45. The summed E-state index contributed by atoms with van der Waals surface area (Å²) < 4.78 is 0. The summed E-state index contributed by atoms with van der Waals surface area (Å²) in [5.41, 5.74) is 10.2. The molecule has 0 bridgehead atoms. The van der Waals surface area contributed by atoms with Gasteiger partial charge in [-0.3, -0.25) is 0 Å². The Bertz CT molecular complexity index is 571. The maximum atomic E-state index is 5.86. The second kappa shape index (κ2) is 6.14. The molecule has 0 saturated carbocycles. The van der Waals surface area contributed by atoms with Crippen molar-refractivity contribution >= 4 is 0 Å². The molecule has 2 aromatic rings. The zero-order valence-corrected chi connectivity index (χ0v) is 12.7. The molecule has 0 radical (unpaired) electrons. The van der Waals surface area contributed by atoms with Crippen LogP contribution in [0.3, 0.4) is 0 Å². The minimum atomic E-state index is 0.112. The average molecular weight is 269 g/mol. The highest BCUT2D eigenvalue weighted by Crippen LogP contribution is 2.20. The van der Waals surface area contributed by atoms with Crippen LogP contribution in [0.15, 0.2) is 30.3 Å². The maximum absolute atomic E-state index is 5.86. The lowest BCUT2D eigenvalue weighted by Crippen LogP contribution is -2.19. The fourth-order valence-corrected chi connectivity index (χ4v) is 2.21. The summed E-state index contributed by atoms with van der Waals surface area (Å²) in [5, 5.41) is 0. The smallest absolute Gasteiger partial charge is 0.159 e. The third-order valence-electron chi connectivity index (χ3n) is 3.27. The molecule has 2 N–H and O–H groups in total. The van der Waals surface area contributed by atoms with Gasteiger partial charge in [0, 0.05) is 29.4 Å². The zero-order valence-electron chi connectivity index (χ0n) is 12.7. The van der Waals surface area contributed by atoms with Crippen LogP contribution in [0.25, 0.3) is 11.4 Å². The van der Waals surface area contributed by atoms with Gasteiger partial charge in [0.1, 0.15) is 0 Å². The van der Waals surface area contributed by atoms with Crippen molar-refractivity contribution in [2.24, 2.45) is 5.73 Å². The minimum absolute atomic E-state index is 0.112. The fraction of sp³-hybridized carbons (Fsp3) is 0.412. The molecule has 0 spiro atoms. The van der Waals surface area contributed by atoms with Gasteiger partial charge < -0.3 is 5.73 Å². The topological polar surface area (TPSA) is 51.8 Å². The first kappa shape index (κ1) is 14.7. The van der Waals surface area contributed by atoms with Gasteiger partial charge >= 0.3 is 0 Å². The average Bonchev–Trinajstić information content (AvgIpc) is 2.37. The summed E-state index contributed by atoms with van der Waals surface area (Å²) in [6, 6.07) is 10.6. The number of hydrogen-bond acceptors (Lipinski definition) is 3. The van der Waals surface area contributed by atoms with Crippen molar-refractivity contribution in [2.45, 2.75) is 46.1 Å². The molecule has 1 aromatic heterocycles. The summed E-state index contributed by atoms with van der Waals surface area (Å²) in [5.74, 6) is 1.33. The molecular weight excluding hydrogens is 246 g/mol. The van der Waals surface area contributed by atoms with Crippen molar-refractivity contribution in [3.8, 4) is 11.4 Å². The first-order valence-electron chi connectivity index (χ1n) is 7.16. The lowest BCUT2D eigenvalue weighted by molar-refractivity contribution is 0.719. The molecule has 1 aromatic carbocycles. The van der Waals surface area contributed by atoms with E-state index in [1.54, 1.807) is 0 Å². The van der Waals surface area contributed by atoms with Crippen LogP contribution in [0.2, 0.25) is 0 Å². The minimum Gasteiger partial charge on any atom is -0.328 e. The number of hydrogen-bond donors (Lipinski definition) is 1. The molecule has 0 aliphatic rings. The predicted octanol–water partition coefficient (Wildman–Crippen LogP) is 3.47. The van der Waals surface area contributed by atoms with Crippen LogP contribution < -0.4 is 5.73 Å². The quantitative estimate of drug-likeness (QED) is 0.924. The highest BCUT2D eigenvalue weighted by Gasteiger charge is 2.07. The summed E-state index contributed by atoms with van der Waals surface area (Å²) in [6.45, 7) is 8.38. The van der Waals surface area contributed by atoms with Gasteiger partial charge in [-0.1, -0.05) is 38.1 Å². The molecule has 0 saturated heterocycles. The van der Waals surface area contributed by atoms with Crippen LogP contribution in [0.5, 0.6) is 0 Å². The van der Waals surface area contributed by atoms with Gasteiger partial charge in [0.15, 0.2) is 5.82 Å². The Labute approximate surface area is 121 Å². The van der Waals surface area contributed by atoms with Crippen LogP contribution in [0.1, 0.15) is 43.6 Å². The molecule has 1 atom stereocenters. The summed E-state index contributed by atoms with van der Waals surface area (Å²) in [6.07, 6.45) is 0.778. The van der Waals surface area contributed by atoms with Crippen molar-refractivity contribution in [2.75, 3.05) is 0 Å². The van der Waals surface area contributed by atoms with E-state index in [1.807, 2.05) is 19.9 Å². The van der Waals surface area contributed by atoms with E-state index in [4.69, 9.17) is 5.73 Å². The normalized spacial score (nSPS) is 12.7. The van der Waals surface area contributed by atoms with Crippen molar-refractivity contribution in [3.05, 3.63) is 47.3 Å². The van der Waals surface area contributed by atoms with Crippen molar-refractivity contribution in [1.82, 2.24) is 9.97 Å². The molecule has 1 unspecified atom stereocenters. The third-order valence-corrected chi connectivity index (χ3v) is 3.27. The molecule has 0 aliphatic heterocycles. The van der Waals surface area contributed by atoms with Gasteiger partial charge in [-0.25, -0.2) is 9.97 Å². The van der Waals surface area contributed by atoms with E-state index < -0.39 is 0 Å². The first-order valence-corrected chi connectivity index (χ1v) is 7.16. The Morgan fingerprint density at radius 1 is 1.05 bits per heavy atom. The Balaban J connectivity index is 2.34. The number of aryl methyl sites for hydroxylation is 1. The molecule has 1 heterocycles. The van der Waals surface area contributed by atoms with Gasteiger partial charge in [-0.2, -0.15) is 0 Å². The molecule has 3 nitrogen and oxygen atoms in total. The van der Waals surface area contributed by atoms with Crippen molar-refractivity contribution in [1.29, 1.82) is 0 Å². The largest absolute Gasteiger partial charge is 0.328 e. The summed E-state index contributed by atoms with van der Waals surface area (Å²) >= 11 is 0. The molecular formula is C17H23N3. The number of aromatic nitrogens is 2. The number of rotatable bonds is 4. The van der Waals surface area contributed by atoms with Gasteiger partial charge in [0.25, 0.3) is 0 Å². The van der Waals surface area contributed by atoms with Gasteiger partial charge in [-0.05, 0) is 31.4 Å². The van der Waals surface area contributed by atoms with E-state index >= 15 is 0 Å². The standard InChI is InChI=1S/C17H23N3/c1-11(2)14-5-7-15(8-6-14)17-19-13(4)10-16(20-17)9-12(3)18/h5-8,10-12H,9,18H2,1-4H3. The number of nitrogens with two attached hydrogens (primary N) is 1. The molecule has 2 rings (SSSR count). The van der Waals surface area contributed by atoms with E-state index in [0.717, 1.165) is 29.2 Å². The molecule has 0 amide bonds. The van der Waals surface area contributed by atoms with Crippen LogP contribution in [0.4, 0.5) is 0 Å². The molecule has 0 aliphatic carbocycles. The van der Waals surface area contributed by atoms with E-state index in [0.29, 0.717) is 5.92 Å². The Morgan fingerprint density at radius 2 is 1.70 bits per heavy atom. The number of benzene rings is 1. The molecule has 20 heavy (non-hydrogen) atoms. The number of nitrogens with zero attached hydrogens (tertiary/aromatic N) is 2. The van der Waals surface area contributed by atoms with Crippen LogP contribution >= 0.6 is 0 Å². The molecule has 3 heteroatoms. The molecule has 0 fully saturated rings. The van der Waals surface area contributed by atoms with Crippen LogP contribution in [-0.2, 0) is 6.42 Å². The maximum Gasteiger partial charge on any atom is 0.159 e. The van der Waals surface area contributed by atoms with Gasteiger partial charge in [-0.15, -0.1) is 0 Å². The SMILES string of the molecule is Cc1cc(CC(C)N)nc(-c2ccc(C(C)C)cc2)n1. The van der Waals surface area contributed by atoms with Crippen LogP contribution in [0, 0.1) is 6.92 Å². The zero-order chi connectivity index (χ0) is 14.7. The fourth-order valence-electron chi connectivity index (χ4n) is 2.21. The van der Waals surface area contributed by atoms with E-state index in [-0.39, 0.29) is 6.04 Å². The molecule has 106 valence electrons. The predicted molar refractivity (Wildman–Crippen MR) is 83.6 cm³/mol. The van der Waals surface area contributed by atoms with Crippen LogP contribution in [-0.4, -0.2) is 16.0 Å². The lowest BCUT2D eigenvalue weighted by atomic mass is 10.0. The van der Waals surface area contributed by atoms with Crippen molar-refractivity contribution < 1.29 is 0 Å². The highest BCUT2D eigenvalue weighted by atomic mass is 14.9. The van der Waals surface area contributed by atoms with E-state index in [2.05, 4.69) is 48.1 Å². The second-order valence-corrected chi connectivity index (χ2v) is 5.78. The van der Waals surface area contributed by atoms with E-state index in [9.17, 15) is 0 Å². The van der Waals surface area contributed by atoms with Gasteiger partial charge in [0.05, 0.1) is 0 Å². The van der Waals surface area contributed by atoms with Gasteiger partial charge in [0.2, 0.25) is 0 Å². The Morgan fingerprint density at radius 3 is 2.25 bits per heavy atom. The Kier molecular flexibility index (Phi) is 4.50. The van der Waals surface area contributed by atoms with E-state index in [1.165, 1.54) is 5.56 Å². The monoisotopic (exact) mass is 269 g/mol. The highest BCUT2D eigenvalue weighted by molar-refractivity contribution is 5.56. The second-order valence-electron chi connectivity index (χ2n) is 5.78. The summed E-state index contributed by atoms with van der Waals surface area (Å²) in [7, 11) is 0. The Hall–Kier alpha value is -1.74. The third kappa shape index (κ3) is 3.64. The summed E-state index contributed by atoms with van der Waals surface area (Å²) in [4.78, 5) is 9.16.